The molecule has 0 saturated heterocycles. The van der Waals surface area contributed by atoms with Crippen molar-refractivity contribution in [1.29, 1.82) is 0 Å². The van der Waals surface area contributed by atoms with Gasteiger partial charge in [0.25, 0.3) is 0 Å². The molecule has 0 aliphatic rings. The molecule has 0 fully saturated rings. The Labute approximate surface area is 72.1 Å². The van der Waals surface area contributed by atoms with Crippen LogP contribution in [0.5, 0.6) is 0 Å². The van der Waals surface area contributed by atoms with Crippen LogP contribution in [0.2, 0.25) is 0 Å². The number of nitrogens with one attached hydrogen (secondary N) is 1. The molecule has 1 aromatic heterocycles. The summed E-state index contributed by atoms with van der Waals surface area (Å²) in [7, 11) is 0. The molecule has 1 heteroatoms. The number of hydrogen-bond donors (Lipinski definition) is 1. The third kappa shape index (κ3) is 1.14. The zero-order valence-corrected chi connectivity index (χ0v) is 6.96. The third-order valence-corrected chi connectivity index (χ3v) is 1.97. The summed E-state index contributed by atoms with van der Waals surface area (Å²) in [5, 5.41) is 0. The Morgan fingerprint density at radius 3 is 2.92 bits per heavy atom. The van der Waals surface area contributed by atoms with Gasteiger partial charge in [0.05, 0.1) is 0 Å². The first kappa shape index (κ1) is 7.17. The van der Waals surface area contributed by atoms with Crippen molar-refractivity contribution in [3.63, 3.8) is 0 Å². The maximum absolute atomic E-state index is 3.17. The molecule has 1 N–H and O–H groups in total. The predicted octanol–water partition coefficient (Wildman–Crippen LogP) is 2.79. The molecule has 1 heterocycles. The van der Waals surface area contributed by atoms with E-state index in [-0.39, 0.29) is 0 Å². The average Bonchev–Trinajstić information content (AvgIpc) is 2.57. The minimum absolute atomic E-state index is 1.19. The fraction of sp³-hybridized carbons (Fsp3) is 0.0909. The molecule has 0 unspecified atom stereocenters. The molecule has 0 saturated carbocycles. The summed E-state index contributed by atoms with van der Waals surface area (Å²) in [4.78, 5) is 3.04. The fourth-order valence-electron chi connectivity index (χ4n) is 1.32. The summed E-state index contributed by atoms with van der Waals surface area (Å²) in [5.74, 6) is 0. The first-order chi connectivity index (χ1) is 5.88. The topological polar surface area (TPSA) is 15.8 Å². The van der Waals surface area contributed by atoms with Gasteiger partial charge in [0.1, 0.15) is 0 Å². The van der Waals surface area contributed by atoms with Crippen LogP contribution in [-0.2, 0) is 0 Å². The van der Waals surface area contributed by atoms with E-state index >= 15 is 0 Å². The Kier molecular flexibility index (Phi) is 1.71. The molecule has 12 heavy (non-hydrogen) atoms. The maximum atomic E-state index is 3.17. The van der Waals surface area contributed by atoms with Crippen LogP contribution in [0, 0.1) is 13.0 Å². The van der Waals surface area contributed by atoms with Crippen LogP contribution < -0.4 is 0 Å². The quantitative estimate of drug-likeness (QED) is 0.653. The van der Waals surface area contributed by atoms with Gasteiger partial charge in [0.15, 0.2) is 0 Å². The molecule has 0 bridgehead atoms. The van der Waals surface area contributed by atoms with E-state index in [1.807, 2.05) is 24.5 Å². The second kappa shape index (κ2) is 2.86. The number of aromatic nitrogens is 1. The van der Waals surface area contributed by atoms with Crippen LogP contribution >= 0.6 is 0 Å². The Morgan fingerprint density at radius 1 is 1.33 bits per heavy atom. The number of aryl methyl sites for hydroxylation is 1. The maximum Gasteiger partial charge on any atom is 0.00842 e. The van der Waals surface area contributed by atoms with Gasteiger partial charge in [-0.3, -0.25) is 0 Å². The molecule has 2 rings (SSSR count). The second-order valence-corrected chi connectivity index (χ2v) is 2.81. The van der Waals surface area contributed by atoms with E-state index < -0.39 is 0 Å². The van der Waals surface area contributed by atoms with E-state index in [1.54, 1.807) is 0 Å². The van der Waals surface area contributed by atoms with Crippen molar-refractivity contribution in [3.05, 3.63) is 48.3 Å². The summed E-state index contributed by atoms with van der Waals surface area (Å²) >= 11 is 0. The van der Waals surface area contributed by atoms with E-state index in [9.17, 15) is 0 Å². The van der Waals surface area contributed by atoms with Crippen molar-refractivity contribution < 1.29 is 0 Å². The number of rotatable bonds is 1. The lowest BCUT2D eigenvalue weighted by Gasteiger charge is -2.00. The fourth-order valence-corrected chi connectivity index (χ4v) is 1.32. The highest BCUT2D eigenvalue weighted by atomic mass is 14.6. The van der Waals surface area contributed by atoms with Crippen LogP contribution in [0.4, 0.5) is 0 Å². The van der Waals surface area contributed by atoms with Crippen LogP contribution in [0.3, 0.4) is 0 Å². The van der Waals surface area contributed by atoms with Gasteiger partial charge in [0, 0.05) is 12.4 Å². The van der Waals surface area contributed by atoms with Gasteiger partial charge in [-0.1, -0.05) is 18.2 Å². The summed E-state index contributed by atoms with van der Waals surface area (Å²) in [6, 6.07) is 11.3. The van der Waals surface area contributed by atoms with Crippen LogP contribution in [0.15, 0.2) is 36.7 Å². The Hall–Kier alpha value is -1.50. The molecule has 1 radical (unpaired) electrons. The molecule has 0 atom stereocenters. The number of hydrogen-bond acceptors (Lipinski definition) is 0. The summed E-state index contributed by atoms with van der Waals surface area (Å²) in [5.41, 5.74) is 3.67. The minimum atomic E-state index is 1.19. The van der Waals surface area contributed by atoms with Crippen molar-refractivity contribution in [2.45, 2.75) is 6.92 Å². The lowest BCUT2D eigenvalue weighted by molar-refractivity contribution is 1.40. The smallest absolute Gasteiger partial charge is 0.00842 e. The van der Waals surface area contributed by atoms with Crippen molar-refractivity contribution in [2.24, 2.45) is 0 Å². The van der Waals surface area contributed by atoms with Gasteiger partial charge in [-0.15, -0.1) is 0 Å². The molecule has 2 aromatic rings. The highest BCUT2D eigenvalue weighted by Crippen LogP contribution is 2.21. The lowest BCUT2D eigenvalue weighted by atomic mass is 10.0. The lowest BCUT2D eigenvalue weighted by Crippen LogP contribution is -1.79. The molecular formula is C11H10N. The first-order valence-corrected chi connectivity index (χ1v) is 3.98. The molecule has 1 nitrogen and oxygen atoms in total. The van der Waals surface area contributed by atoms with Crippen LogP contribution in [0.1, 0.15) is 5.56 Å². The minimum Gasteiger partial charge on any atom is -0.367 e. The zero-order valence-electron chi connectivity index (χ0n) is 6.96. The monoisotopic (exact) mass is 156 g/mol. The predicted molar refractivity (Wildman–Crippen MR) is 49.8 cm³/mol. The van der Waals surface area contributed by atoms with Gasteiger partial charge in [-0.05, 0) is 35.7 Å². The van der Waals surface area contributed by atoms with Gasteiger partial charge in [-0.2, -0.15) is 0 Å². The highest BCUT2D eigenvalue weighted by Gasteiger charge is 1.99. The Bertz CT molecular complexity index is 360. The SMILES string of the molecule is Cc1[c]cccc1-c1cc[nH]c1. The van der Waals surface area contributed by atoms with Gasteiger partial charge >= 0.3 is 0 Å². The average molecular weight is 156 g/mol. The Balaban J connectivity index is 2.55. The van der Waals surface area contributed by atoms with E-state index in [2.05, 4.69) is 30.1 Å². The van der Waals surface area contributed by atoms with Gasteiger partial charge in [-0.25, -0.2) is 0 Å². The Morgan fingerprint density at radius 2 is 2.25 bits per heavy atom. The summed E-state index contributed by atoms with van der Waals surface area (Å²) in [6.07, 6.45) is 3.93. The third-order valence-electron chi connectivity index (χ3n) is 1.97. The van der Waals surface area contributed by atoms with Crippen LogP contribution in [-0.4, -0.2) is 4.98 Å². The largest absolute Gasteiger partial charge is 0.367 e. The molecule has 0 amide bonds. The first-order valence-electron chi connectivity index (χ1n) is 3.98. The van der Waals surface area contributed by atoms with Crippen molar-refractivity contribution in [2.75, 3.05) is 0 Å². The van der Waals surface area contributed by atoms with Crippen molar-refractivity contribution in [1.82, 2.24) is 4.98 Å². The van der Waals surface area contributed by atoms with E-state index in [0.29, 0.717) is 0 Å². The standard InChI is InChI=1S/C11H10N/c1-9-4-2-3-5-11(9)10-6-7-12-8-10/h2-3,5-8,12H,1H3. The van der Waals surface area contributed by atoms with Gasteiger partial charge in [0.2, 0.25) is 0 Å². The molecule has 59 valence electrons. The molecule has 1 aromatic carbocycles. The molecule has 0 spiro atoms. The summed E-state index contributed by atoms with van der Waals surface area (Å²) < 4.78 is 0. The van der Waals surface area contributed by atoms with Crippen molar-refractivity contribution >= 4 is 0 Å². The molecule has 0 aliphatic carbocycles. The molecule has 0 aliphatic heterocycles. The number of aromatic amines is 1. The second-order valence-electron chi connectivity index (χ2n) is 2.81. The highest BCUT2D eigenvalue weighted by molar-refractivity contribution is 5.65. The molecular weight excluding hydrogens is 146 g/mol. The van der Waals surface area contributed by atoms with E-state index in [1.165, 1.54) is 16.7 Å². The summed E-state index contributed by atoms with van der Waals surface area (Å²) in [6.45, 7) is 2.07. The van der Waals surface area contributed by atoms with E-state index in [0.717, 1.165) is 0 Å². The van der Waals surface area contributed by atoms with E-state index in [4.69, 9.17) is 0 Å². The normalized spacial score (nSPS) is 10.1. The van der Waals surface area contributed by atoms with Gasteiger partial charge < -0.3 is 4.98 Å². The number of benzene rings is 1. The zero-order chi connectivity index (χ0) is 8.39. The van der Waals surface area contributed by atoms with Crippen molar-refractivity contribution in [3.8, 4) is 11.1 Å². The van der Waals surface area contributed by atoms with Crippen LogP contribution in [0.25, 0.3) is 11.1 Å². The number of H-pyrrole nitrogens is 1.